The number of hydrogen-bond acceptors (Lipinski definition) is 19. The third-order valence-corrected chi connectivity index (χ3v) is 14.2. The molecule has 1 saturated carbocycles. The maximum atomic E-state index is 13.0. The molecule has 3 heterocycles. The van der Waals surface area contributed by atoms with Gasteiger partial charge in [0.15, 0.2) is 25.2 Å². The highest BCUT2D eigenvalue weighted by molar-refractivity contribution is 5.58. The molecule has 452 valence electrons. The quantitative estimate of drug-likeness (QED) is 0.0180. The Balaban J connectivity index is 1.93. The summed E-state index contributed by atoms with van der Waals surface area (Å²) >= 11 is 0. The fourth-order valence-corrected chi connectivity index (χ4v) is 9.87. The Kier molecular flexibility index (Phi) is 34.1. The molecule has 4 aliphatic rings. The van der Waals surface area contributed by atoms with E-state index in [1.165, 1.54) is 0 Å². The van der Waals surface area contributed by atoms with Gasteiger partial charge < -0.3 is 66.4 Å². The van der Waals surface area contributed by atoms with Crippen molar-refractivity contribution in [2.75, 3.05) is 59.4 Å². The number of hydrogen-bond donors (Lipinski definition) is 0. The molecule has 19 atom stereocenters. The number of ether oxygens (including phenoxy) is 13. The Morgan fingerprint density at radius 1 is 0.425 bits per heavy atom. The van der Waals surface area contributed by atoms with Gasteiger partial charge in [0.2, 0.25) is 0 Å². The molecular formula is C51H89N15O14. The zero-order valence-corrected chi connectivity index (χ0v) is 47.9. The second kappa shape index (κ2) is 40.0. The summed E-state index contributed by atoms with van der Waals surface area (Å²) < 4.78 is 86.1. The van der Waals surface area contributed by atoms with Crippen molar-refractivity contribution in [3.05, 3.63) is 52.2 Å². The van der Waals surface area contributed by atoms with Crippen LogP contribution in [0, 0.1) is 0 Å². The highest BCUT2D eigenvalue weighted by Gasteiger charge is 2.57. The maximum absolute atomic E-state index is 13.0. The summed E-state index contributed by atoms with van der Waals surface area (Å²) in [5.41, 5.74) is 49.9. The molecule has 4 rings (SSSR count). The fourth-order valence-electron chi connectivity index (χ4n) is 9.87. The van der Waals surface area contributed by atoms with Crippen LogP contribution in [-0.4, -0.2) is 182 Å². The van der Waals surface area contributed by atoms with Gasteiger partial charge in [0.1, 0.15) is 60.9 Å². The van der Waals surface area contributed by atoms with Gasteiger partial charge in [-0.15, -0.1) is 0 Å². The largest absolute Gasteiger partial charge is 0.379 e. The van der Waals surface area contributed by atoms with Crippen LogP contribution in [-0.2, 0) is 66.4 Å². The van der Waals surface area contributed by atoms with E-state index < -0.39 is 116 Å². The highest BCUT2D eigenvalue weighted by atomic mass is 16.8. The second-order valence-electron chi connectivity index (χ2n) is 20.1. The minimum absolute atomic E-state index is 0.0418. The average molecular weight is 1140 g/mol. The van der Waals surface area contributed by atoms with Crippen molar-refractivity contribution >= 4 is 6.29 Å². The highest BCUT2D eigenvalue weighted by Crippen LogP contribution is 2.41. The zero-order chi connectivity index (χ0) is 57.9. The van der Waals surface area contributed by atoms with E-state index in [1.54, 1.807) is 0 Å². The van der Waals surface area contributed by atoms with E-state index >= 15 is 0 Å². The molecule has 29 heteroatoms. The van der Waals surface area contributed by atoms with Gasteiger partial charge in [0.05, 0.1) is 49.7 Å². The fraction of sp³-hybridized carbons (Fsp3) is 0.980. The summed E-state index contributed by atoms with van der Waals surface area (Å²) in [6.07, 6.45) is -6.56. The third kappa shape index (κ3) is 20.5. The summed E-state index contributed by atoms with van der Waals surface area (Å²) in [5.74, 6) is 0. The van der Waals surface area contributed by atoms with Gasteiger partial charge in [-0.05, 0) is 79.0 Å². The SMILES string of the molecule is CCCCOC[C@H]1O[C@@H](OC2C(OCCCC)[C@H](N=[N+]=[N-])CC(N=[N+]=[N-])[C@H]2O[C@H]2OC(C=O)[C@@H](OCCCC)C(OCCCC)C2N=[N+]=[N-])C(OCCCC)C1O[C@H]1OC(CN=[N+]=[N-])[C@@H](OCCCC)C(OCCCC)C1N=[N+]=[N-]. The Labute approximate surface area is 469 Å². The van der Waals surface area contributed by atoms with Crippen molar-refractivity contribution in [2.24, 2.45) is 25.6 Å². The Bertz CT molecular complexity index is 2000. The van der Waals surface area contributed by atoms with Gasteiger partial charge in [-0.25, -0.2) is 0 Å². The number of carbonyl (C=O) groups is 1. The van der Waals surface area contributed by atoms with Gasteiger partial charge in [-0.3, -0.25) is 0 Å². The summed E-state index contributed by atoms with van der Waals surface area (Å²) in [6.45, 7) is 15.7. The first kappa shape index (κ1) is 68.2. The monoisotopic (exact) mass is 1140 g/mol. The van der Waals surface area contributed by atoms with Crippen LogP contribution >= 0.6 is 0 Å². The van der Waals surface area contributed by atoms with Crippen molar-refractivity contribution < 1.29 is 66.4 Å². The molecule has 0 bridgehead atoms. The van der Waals surface area contributed by atoms with E-state index in [1.807, 2.05) is 48.5 Å². The molecule has 0 radical (unpaired) electrons. The predicted molar refractivity (Wildman–Crippen MR) is 291 cm³/mol. The smallest absolute Gasteiger partial charge is 0.187 e. The summed E-state index contributed by atoms with van der Waals surface area (Å²) in [7, 11) is 0. The maximum Gasteiger partial charge on any atom is 0.187 e. The second-order valence-corrected chi connectivity index (χ2v) is 20.1. The van der Waals surface area contributed by atoms with Gasteiger partial charge in [-0.1, -0.05) is 119 Å². The van der Waals surface area contributed by atoms with E-state index in [-0.39, 0.29) is 52.6 Å². The first-order valence-corrected chi connectivity index (χ1v) is 29.1. The first-order valence-electron chi connectivity index (χ1n) is 29.1. The molecule has 80 heavy (non-hydrogen) atoms. The molecule has 3 aliphatic heterocycles. The van der Waals surface area contributed by atoms with Crippen LogP contribution in [0.5, 0.6) is 0 Å². The minimum Gasteiger partial charge on any atom is -0.379 e. The minimum atomic E-state index is -1.53. The zero-order valence-electron chi connectivity index (χ0n) is 47.9. The standard InChI is InChI=1S/C51H89N15O14/c1-8-15-22-68-32-37-44(79-49-38(60-65-55)45(72-26-19-12-5)42(70-24-17-10-3)35(75-49)30-57-62-52)48(74-28-21-14-7)51(77-37)80-47-40(69-23-16-9-2)33(58-63-53)29-34(59-64-54)41(47)78-50-39(61-66-56)46(73-27-20-13-6)43(36(31-67)76-50)71-25-18-11-4/h31,33-51H,8-30,32H2,1-7H3/t33-,34?,35?,36?,37-,38?,39?,40?,41-,42-,43-,44?,45?,46?,47?,48?,49-,50-,51+/m1/s1. The van der Waals surface area contributed by atoms with Crippen LogP contribution in [0.15, 0.2) is 25.6 Å². The van der Waals surface area contributed by atoms with E-state index in [2.05, 4.69) is 50.1 Å². The van der Waals surface area contributed by atoms with Crippen LogP contribution < -0.4 is 0 Å². The lowest BCUT2D eigenvalue weighted by Crippen LogP contribution is -2.64. The van der Waals surface area contributed by atoms with E-state index in [0.29, 0.717) is 58.0 Å². The van der Waals surface area contributed by atoms with Gasteiger partial charge in [0, 0.05) is 70.8 Å². The van der Waals surface area contributed by atoms with Crippen molar-refractivity contribution in [1.82, 2.24) is 0 Å². The molecule has 0 N–H and O–H groups in total. The van der Waals surface area contributed by atoms with Crippen LogP contribution in [0.3, 0.4) is 0 Å². The van der Waals surface area contributed by atoms with Crippen LogP contribution in [0.25, 0.3) is 52.2 Å². The summed E-state index contributed by atoms with van der Waals surface area (Å²) in [6, 6.07) is -4.58. The number of rotatable bonds is 42. The Morgan fingerprint density at radius 3 is 1.34 bits per heavy atom. The Hall–Kier alpha value is -4.30. The average Bonchev–Trinajstić information content (AvgIpc) is 3.86. The summed E-state index contributed by atoms with van der Waals surface area (Å²) in [5, 5.41) is 20.5. The van der Waals surface area contributed by atoms with Crippen molar-refractivity contribution in [1.29, 1.82) is 0 Å². The number of azide groups is 5. The van der Waals surface area contributed by atoms with Crippen molar-refractivity contribution in [3.63, 3.8) is 0 Å². The van der Waals surface area contributed by atoms with Crippen molar-refractivity contribution in [3.8, 4) is 0 Å². The predicted octanol–water partition coefficient (Wildman–Crippen LogP) is 10.9. The van der Waals surface area contributed by atoms with E-state index in [9.17, 15) is 32.5 Å². The first-order chi connectivity index (χ1) is 39.2. The molecule has 0 amide bonds. The molecule has 3 saturated heterocycles. The van der Waals surface area contributed by atoms with E-state index in [0.717, 1.165) is 51.4 Å². The molecule has 1 aliphatic carbocycles. The lowest BCUT2D eigenvalue weighted by molar-refractivity contribution is -0.312. The normalized spacial score (nSPS) is 33.1. The molecular weight excluding hydrogens is 1050 g/mol. The number of aldehydes is 1. The lowest BCUT2D eigenvalue weighted by atomic mass is 9.83. The molecule has 4 fully saturated rings. The topological polar surface area (TPSA) is 381 Å². The van der Waals surface area contributed by atoms with Gasteiger partial charge in [-0.2, -0.15) is 0 Å². The molecule has 0 aromatic rings. The molecule has 11 unspecified atom stereocenters. The van der Waals surface area contributed by atoms with Crippen LogP contribution in [0.2, 0.25) is 0 Å². The molecule has 29 nitrogen and oxygen atoms in total. The number of unbranched alkanes of at least 4 members (excludes halogenated alkanes) is 7. The van der Waals surface area contributed by atoms with Gasteiger partial charge in [0.25, 0.3) is 0 Å². The van der Waals surface area contributed by atoms with Gasteiger partial charge >= 0.3 is 0 Å². The molecule has 0 spiro atoms. The lowest BCUT2D eigenvalue weighted by Gasteiger charge is -2.48. The Morgan fingerprint density at radius 2 is 0.838 bits per heavy atom. The van der Waals surface area contributed by atoms with E-state index in [4.69, 9.17) is 61.6 Å². The van der Waals surface area contributed by atoms with Crippen LogP contribution in [0.4, 0.5) is 0 Å². The van der Waals surface area contributed by atoms with Crippen LogP contribution in [0.1, 0.15) is 145 Å². The number of carbonyl (C=O) groups excluding carboxylic acids is 1. The summed E-state index contributed by atoms with van der Waals surface area (Å²) in [4.78, 5) is 28.7. The molecule has 0 aromatic heterocycles. The van der Waals surface area contributed by atoms with Crippen molar-refractivity contribution in [2.45, 2.75) is 261 Å². The number of nitrogens with zero attached hydrogens (tertiary/aromatic N) is 15. The molecule has 0 aromatic carbocycles. The third-order valence-electron chi connectivity index (χ3n) is 14.2.